The van der Waals surface area contributed by atoms with Crippen LogP contribution in [-0.2, 0) is 0 Å². The van der Waals surface area contributed by atoms with Crippen molar-refractivity contribution in [3.8, 4) is 0 Å². The highest BCUT2D eigenvalue weighted by Crippen LogP contribution is 2.34. The van der Waals surface area contributed by atoms with Crippen molar-refractivity contribution in [2.75, 3.05) is 25.5 Å². The zero-order valence-electron chi connectivity index (χ0n) is 15.1. The third kappa shape index (κ3) is 3.01. The van der Waals surface area contributed by atoms with Gasteiger partial charge in [0, 0.05) is 32.2 Å². The number of carbonyl (C=O) groups is 1. The quantitative estimate of drug-likeness (QED) is 0.726. The van der Waals surface area contributed by atoms with E-state index >= 15 is 0 Å². The maximum Gasteiger partial charge on any atom is 0.272 e. The van der Waals surface area contributed by atoms with Crippen LogP contribution in [0.1, 0.15) is 34.9 Å². The van der Waals surface area contributed by atoms with Crippen LogP contribution < -0.4 is 4.90 Å². The number of para-hydroxylation sites is 1. The lowest BCUT2D eigenvalue weighted by Crippen LogP contribution is -2.31. The third-order valence-electron chi connectivity index (χ3n) is 4.94. The molecule has 0 N–H and O–H groups in total. The van der Waals surface area contributed by atoms with Gasteiger partial charge in [-0.1, -0.05) is 24.3 Å². The molecule has 1 unspecified atom stereocenters. The van der Waals surface area contributed by atoms with Crippen LogP contribution >= 0.6 is 0 Å². The molecule has 2 aromatic heterocycles. The summed E-state index contributed by atoms with van der Waals surface area (Å²) in [6.45, 7) is 0.762. The van der Waals surface area contributed by atoms with E-state index in [1.54, 1.807) is 0 Å². The SMILES string of the molecule is CN(C)c1cc(C2CCCN2C(=O)c2ccc3ccccc3n2)ccn1. The minimum absolute atomic E-state index is 0.00136. The van der Waals surface area contributed by atoms with Crippen molar-refractivity contribution in [1.29, 1.82) is 0 Å². The van der Waals surface area contributed by atoms with Crippen LogP contribution in [-0.4, -0.2) is 41.4 Å². The number of pyridine rings is 2. The van der Waals surface area contributed by atoms with Crippen molar-refractivity contribution in [3.63, 3.8) is 0 Å². The Morgan fingerprint density at radius 2 is 2.00 bits per heavy atom. The first kappa shape index (κ1) is 16.5. The van der Waals surface area contributed by atoms with E-state index in [2.05, 4.69) is 16.0 Å². The molecule has 1 aromatic carbocycles. The fraction of sp³-hybridized carbons (Fsp3) is 0.286. The lowest BCUT2D eigenvalue weighted by Gasteiger charge is -2.25. The Labute approximate surface area is 153 Å². The van der Waals surface area contributed by atoms with Crippen LogP contribution in [0.3, 0.4) is 0 Å². The fourth-order valence-corrected chi connectivity index (χ4v) is 3.57. The number of nitrogens with zero attached hydrogens (tertiary/aromatic N) is 4. The van der Waals surface area contributed by atoms with Gasteiger partial charge in [-0.15, -0.1) is 0 Å². The number of benzene rings is 1. The van der Waals surface area contributed by atoms with Gasteiger partial charge in [0.25, 0.3) is 5.91 Å². The monoisotopic (exact) mass is 346 g/mol. The van der Waals surface area contributed by atoms with Crippen LogP contribution in [0.4, 0.5) is 5.82 Å². The second kappa shape index (κ2) is 6.75. The maximum atomic E-state index is 13.1. The summed E-state index contributed by atoms with van der Waals surface area (Å²) in [6, 6.07) is 15.8. The summed E-state index contributed by atoms with van der Waals surface area (Å²) in [5.41, 5.74) is 2.50. The van der Waals surface area contributed by atoms with E-state index in [1.807, 2.05) is 72.6 Å². The average molecular weight is 346 g/mol. The Bertz CT molecular complexity index is 953. The third-order valence-corrected chi connectivity index (χ3v) is 4.94. The van der Waals surface area contributed by atoms with E-state index in [0.717, 1.165) is 41.7 Å². The predicted molar refractivity (Wildman–Crippen MR) is 103 cm³/mol. The standard InChI is InChI=1S/C21H22N4O/c1-24(2)20-14-16(11-12-22-20)19-8-5-13-25(19)21(26)18-10-9-15-6-3-4-7-17(15)23-18/h3-4,6-7,9-12,14,19H,5,8,13H2,1-2H3. The molecular weight excluding hydrogens is 324 g/mol. The van der Waals surface area contributed by atoms with Gasteiger partial charge in [0.2, 0.25) is 0 Å². The van der Waals surface area contributed by atoms with Crippen molar-refractivity contribution in [3.05, 3.63) is 66.0 Å². The van der Waals surface area contributed by atoms with Gasteiger partial charge in [-0.3, -0.25) is 4.79 Å². The zero-order valence-corrected chi connectivity index (χ0v) is 15.1. The van der Waals surface area contributed by atoms with Crippen molar-refractivity contribution in [2.45, 2.75) is 18.9 Å². The van der Waals surface area contributed by atoms with Crippen LogP contribution in [0, 0.1) is 0 Å². The highest BCUT2D eigenvalue weighted by atomic mass is 16.2. The van der Waals surface area contributed by atoms with Crippen molar-refractivity contribution in [2.24, 2.45) is 0 Å². The molecule has 4 rings (SSSR count). The van der Waals surface area contributed by atoms with Gasteiger partial charge in [0.15, 0.2) is 0 Å². The van der Waals surface area contributed by atoms with Gasteiger partial charge < -0.3 is 9.80 Å². The van der Waals surface area contributed by atoms with Crippen LogP contribution in [0.5, 0.6) is 0 Å². The summed E-state index contributed by atoms with van der Waals surface area (Å²) in [5.74, 6) is 0.909. The Morgan fingerprint density at radius 3 is 2.85 bits per heavy atom. The number of aromatic nitrogens is 2. The number of anilines is 1. The molecule has 5 nitrogen and oxygen atoms in total. The smallest absolute Gasteiger partial charge is 0.272 e. The second-order valence-corrected chi connectivity index (χ2v) is 6.89. The number of hydrogen-bond acceptors (Lipinski definition) is 4. The molecule has 3 heterocycles. The first-order valence-electron chi connectivity index (χ1n) is 8.93. The van der Waals surface area contributed by atoms with Crippen LogP contribution in [0.15, 0.2) is 54.7 Å². The van der Waals surface area contributed by atoms with E-state index < -0.39 is 0 Å². The average Bonchev–Trinajstić information content (AvgIpc) is 3.17. The Balaban J connectivity index is 1.65. The molecule has 0 saturated carbocycles. The molecule has 1 amide bonds. The van der Waals surface area contributed by atoms with Gasteiger partial charge in [0.1, 0.15) is 11.5 Å². The number of carbonyl (C=O) groups excluding carboxylic acids is 1. The molecule has 1 aliphatic heterocycles. The first-order chi connectivity index (χ1) is 12.6. The highest BCUT2D eigenvalue weighted by molar-refractivity contribution is 5.95. The predicted octanol–water partition coefficient (Wildman–Crippen LogP) is 3.67. The van der Waals surface area contributed by atoms with E-state index in [1.165, 1.54) is 0 Å². The van der Waals surface area contributed by atoms with Crippen LogP contribution in [0.25, 0.3) is 10.9 Å². The topological polar surface area (TPSA) is 49.3 Å². The van der Waals surface area contributed by atoms with Gasteiger partial charge in [-0.2, -0.15) is 0 Å². The van der Waals surface area contributed by atoms with E-state index in [0.29, 0.717) is 5.69 Å². The lowest BCUT2D eigenvalue weighted by atomic mass is 10.1. The number of hydrogen-bond donors (Lipinski definition) is 0. The van der Waals surface area contributed by atoms with E-state index in [4.69, 9.17) is 0 Å². The molecule has 1 saturated heterocycles. The number of amides is 1. The summed E-state index contributed by atoms with van der Waals surface area (Å²) in [4.78, 5) is 26.0. The number of fused-ring (bicyclic) bond motifs is 1. The largest absolute Gasteiger partial charge is 0.363 e. The summed E-state index contributed by atoms with van der Waals surface area (Å²) in [6.07, 6.45) is 3.79. The zero-order chi connectivity index (χ0) is 18.1. The fourth-order valence-electron chi connectivity index (χ4n) is 3.57. The summed E-state index contributed by atoms with van der Waals surface area (Å²) >= 11 is 0. The molecule has 5 heteroatoms. The van der Waals surface area contributed by atoms with E-state index in [-0.39, 0.29) is 11.9 Å². The molecule has 1 aliphatic rings. The summed E-state index contributed by atoms with van der Waals surface area (Å²) < 4.78 is 0. The number of rotatable bonds is 3. The second-order valence-electron chi connectivity index (χ2n) is 6.89. The van der Waals surface area contributed by atoms with Crippen molar-refractivity contribution in [1.82, 2.24) is 14.9 Å². The molecule has 3 aromatic rings. The van der Waals surface area contributed by atoms with Crippen molar-refractivity contribution < 1.29 is 4.79 Å². The minimum Gasteiger partial charge on any atom is -0.363 e. The molecular formula is C21H22N4O. The Morgan fingerprint density at radius 1 is 1.15 bits per heavy atom. The first-order valence-corrected chi connectivity index (χ1v) is 8.93. The molecule has 1 fully saturated rings. The normalized spacial score (nSPS) is 16.8. The van der Waals surface area contributed by atoms with Gasteiger partial charge >= 0.3 is 0 Å². The van der Waals surface area contributed by atoms with E-state index in [9.17, 15) is 4.79 Å². The maximum absolute atomic E-state index is 13.1. The Hall–Kier alpha value is -2.95. The molecule has 26 heavy (non-hydrogen) atoms. The molecule has 0 spiro atoms. The van der Waals surface area contributed by atoms with Crippen molar-refractivity contribution >= 4 is 22.6 Å². The Kier molecular flexibility index (Phi) is 4.29. The van der Waals surface area contributed by atoms with Gasteiger partial charge in [-0.05, 0) is 42.7 Å². The molecule has 1 atom stereocenters. The molecule has 0 radical (unpaired) electrons. The summed E-state index contributed by atoms with van der Waals surface area (Å²) in [5, 5.41) is 1.05. The van der Waals surface area contributed by atoms with Gasteiger partial charge in [-0.25, -0.2) is 9.97 Å². The lowest BCUT2D eigenvalue weighted by molar-refractivity contribution is 0.0730. The molecule has 0 bridgehead atoms. The summed E-state index contributed by atoms with van der Waals surface area (Å²) in [7, 11) is 3.95. The number of likely N-dealkylation sites (tertiary alicyclic amines) is 1. The van der Waals surface area contributed by atoms with Crippen LogP contribution in [0.2, 0.25) is 0 Å². The minimum atomic E-state index is 0.00136. The highest BCUT2D eigenvalue weighted by Gasteiger charge is 2.31. The van der Waals surface area contributed by atoms with Gasteiger partial charge in [0.05, 0.1) is 11.6 Å². The molecule has 0 aliphatic carbocycles. The molecule has 132 valence electrons.